The molecule has 0 fully saturated rings. The Morgan fingerprint density at radius 1 is 1.05 bits per heavy atom. The second kappa shape index (κ2) is 11.5. The van der Waals surface area contributed by atoms with E-state index in [0.29, 0.717) is 5.57 Å². The minimum atomic E-state index is -0.0649. The molecule has 38 heavy (non-hydrogen) atoms. The number of aryl methyl sites for hydroxylation is 1. The van der Waals surface area contributed by atoms with Gasteiger partial charge in [0.15, 0.2) is 0 Å². The van der Waals surface area contributed by atoms with Crippen LogP contribution in [-0.4, -0.2) is 47.0 Å². The number of pyridine rings is 1. The molecule has 0 bridgehead atoms. The van der Waals surface area contributed by atoms with Crippen LogP contribution in [0.15, 0.2) is 54.9 Å². The highest BCUT2D eigenvalue weighted by molar-refractivity contribution is 7.18. The van der Waals surface area contributed by atoms with Gasteiger partial charge in [0.2, 0.25) is 0 Å². The summed E-state index contributed by atoms with van der Waals surface area (Å²) < 4.78 is 0. The van der Waals surface area contributed by atoms with Crippen LogP contribution < -0.4 is 10.6 Å². The van der Waals surface area contributed by atoms with Crippen molar-refractivity contribution in [3.05, 3.63) is 82.9 Å². The van der Waals surface area contributed by atoms with Crippen LogP contribution in [0.4, 0.5) is 5.69 Å². The van der Waals surface area contributed by atoms with Crippen molar-refractivity contribution in [1.82, 2.24) is 20.2 Å². The number of rotatable bonds is 10. The Kier molecular flexibility index (Phi) is 7.88. The zero-order valence-electron chi connectivity index (χ0n) is 22.5. The SMILES string of the molecule is CCN(CC)CCNCc1c(C)[nH]c(/C=C2\C(=O)Nc3ccc(-c4ccc(-c5cccnc5)s4)cc32)c1C. The molecule has 0 atom stereocenters. The van der Waals surface area contributed by atoms with Gasteiger partial charge in [-0.2, -0.15) is 0 Å². The first kappa shape index (κ1) is 26.1. The van der Waals surface area contributed by atoms with E-state index in [2.05, 4.69) is 83.5 Å². The van der Waals surface area contributed by atoms with E-state index in [9.17, 15) is 4.79 Å². The Morgan fingerprint density at radius 3 is 2.58 bits per heavy atom. The largest absolute Gasteiger partial charge is 0.359 e. The Morgan fingerprint density at radius 2 is 1.84 bits per heavy atom. The number of nitrogens with one attached hydrogen (secondary N) is 3. The molecule has 3 aromatic heterocycles. The predicted octanol–water partition coefficient (Wildman–Crippen LogP) is 6.35. The number of fused-ring (bicyclic) bond motifs is 1. The summed E-state index contributed by atoms with van der Waals surface area (Å²) >= 11 is 1.73. The molecule has 0 saturated heterocycles. The van der Waals surface area contributed by atoms with Gasteiger partial charge in [0.1, 0.15) is 0 Å². The van der Waals surface area contributed by atoms with Crippen LogP contribution in [-0.2, 0) is 11.3 Å². The first-order chi connectivity index (χ1) is 18.5. The fourth-order valence-electron chi connectivity index (χ4n) is 5.00. The lowest BCUT2D eigenvalue weighted by Gasteiger charge is -2.18. The molecular weight excluding hydrogens is 490 g/mol. The van der Waals surface area contributed by atoms with E-state index in [1.165, 1.54) is 16.0 Å². The van der Waals surface area contributed by atoms with Crippen LogP contribution in [0, 0.1) is 13.8 Å². The average Bonchev–Trinajstić information content (AvgIpc) is 3.62. The third-order valence-electron chi connectivity index (χ3n) is 7.36. The molecule has 4 aromatic rings. The van der Waals surface area contributed by atoms with Crippen molar-refractivity contribution in [1.29, 1.82) is 0 Å². The van der Waals surface area contributed by atoms with Gasteiger partial charge in [-0.1, -0.05) is 26.0 Å². The summed E-state index contributed by atoms with van der Waals surface area (Å²) in [5.74, 6) is -0.0649. The topological polar surface area (TPSA) is 73.0 Å². The zero-order chi connectivity index (χ0) is 26.6. The molecule has 6 nitrogen and oxygen atoms in total. The van der Waals surface area contributed by atoms with E-state index in [1.54, 1.807) is 17.5 Å². The van der Waals surface area contributed by atoms with E-state index in [4.69, 9.17) is 0 Å². The van der Waals surface area contributed by atoms with Crippen LogP contribution in [0.3, 0.4) is 0 Å². The van der Waals surface area contributed by atoms with Gasteiger partial charge in [-0.15, -0.1) is 11.3 Å². The van der Waals surface area contributed by atoms with Gasteiger partial charge in [0, 0.05) is 70.0 Å². The molecule has 7 heteroatoms. The number of hydrogen-bond donors (Lipinski definition) is 3. The number of hydrogen-bond acceptors (Lipinski definition) is 5. The molecule has 1 aromatic carbocycles. The van der Waals surface area contributed by atoms with Gasteiger partial charge >= 0.3 is 0 Å². The van der Waals surface area contributed by atoms with Gasteiger partial charge in [-0.3, -0.25) is 9.78 Å². The number of anilines is 1. The molecular formula is C31H35N5OS. The number of nitrogens with zero attached hydrogens (tertiary/aromatic N) is 2. The average molecular weight is 526 g/mol. The fraction of sp³-hybridized carbons (Fsp3) is 0.290. The molecule has 0 aliphatic carbocycles. The monoisotopic (exact) mass is 525 g/mol. The highest BCUT2D eigenvalue weighted by Gasteiger charge is 2.25. The second-order valence-corrected chi connectivity index (χ2v) is 10.7. The van der Waals surface area contributed by atoms with Gasteiger partial charge in [-0.25, -0.2) is 0 Å². The summed E-state index contributed by atoms with van der Waals surface area (Å²) in [5, 5.41) is 6.63. The predicted molar refractivity (Wildman–Crippen MR) is 159 cm³/mol. The number of likely N-dealkylation sites (N-methyl/N-ethyl adjacent to an activating group) is 1. The van der Waals surface area contributed by atoms with Crippen LogP contribution >= 0.6 is 11.3 Å². The molecule has 196 valence electrons. The molecule has 1 aliphatic heterocycles. The number of carbonyl (C=O) groups is 1. The van der Waals surface area contributed by atoms with Crippen LogP contribution in [0.5, 0.6) is 0 Å². The van der Waals surface area contributed by atoms with E-state index < -0.39 is 0 Å². The second-order valence-electron chi connectivity index (χ2n) is 9.65. The van der Waals surface area contributed by atoms with Gasteiger partial charge < -0.3 is 20.5 Å². The number of H-pyrrole nitrogens is 1. The molecule has 4 heterocycles. The standard InChI is InChI=1S/C31H35N5OS/c1-5-36(6-2)15-14-33-19-26-20(3)28(34-21(26)4)17-25-24-16-22(9-10-27(24)35-31(25)37)29-11-12-30(38-29)23-8-7-13-32-18-23/h7-13,16-18,33-34H,5-6,14-15,19H2,1-4H3,(H,35,37)/b25-17-. The number of carbonyl (C=O) groups excluding carboxylic acids is 1. The Balaban J connectivity index is 1.38. The minimum Gasteiger partial charge on any atom is -0.359 e. The maximum Gasteiger partial charge on any atom is 0.256 e. The first-order valence-corrected chi connectivity index (χ1v) is 14.1. The van der Waals surface area contributed by atoms with Crippen molar-refractivity contribution in [2.24, 2.45) is 0 Å². The Bertz CT molecular complexity index is 1460. The van der Waals surface area contributed by atoms with Crippen LogP contribution in [0.1, 0.15) is 41.9 Å². The first-order valence-electron chi connectivity index (χ1n) is 13.3. The summed E-state index contributed by atoms with van der Waals surface area (Å²) in [7, 11) is 0. The highest BCUT2D eigenvalue weighted by Crippen LogP contribution is 2.40. The highest BCUT2D eigenvalue weighted by atomic mass is 32.1. The third kappa shape index (κ3) is 5.36. The lowest BCUT2D eigenvalue weighted by Crippen LogP contribution is -2.31. The summed E-state index contributed by atoms with van der Waals surface area (Å²) in [5.41, 5.74) is 9.27. The van der Waals surface area contributed by atoms with E-state index in [0.717, 1.165) is 71.4 Å². The number of thiophene rings is 1. The van der Waals surface area contributed by atoms with E-state index in [1.807, 2.05) is 24.4 Å². The van der Waals surface area contributed by atoms with Crippen molar-refractivity contribution >= 4 is 34.6 Å². The van der Waals surface area contributed by atoms with E-state index >= 15 is 0 Å². The maximum atomic E-state index is 13.0. The maximum absolute atomic E-state index is 13.0. The van der Waals surface area contributed by atoms with Gasteiger partial charge in [-0.05, 0) is 80.0 Å². The normalized spacial score (nSPS) is 13.9. The van der Waals surface area contributed by atoms with Crippen LogP contribution in [0.25, 0.3) is 32.5 Å². The van der Waals surface area contributed by atoms with Crippen LogP contribution in [0.2, 0.25) is 0 Å². The van der Waals surface area contributed by atoms with Gasteiger partial charge in [0.25, 0.3) is 5.91 Å². The lowest BCUT2D eigenvalue weighted by molar-refractivity contribution is -0.110. The summed E-state index contributed by atoms with van der Waals surface area (Å²) in [6.45, 7) is 13.6. The number of aromatic amines is 1. The Labute approximate surface area is 228 Å². The van der Waals surface area contributed by atoms with Crippen molar-refractivity contribution in [2.45, 2.75) is 34.2 Å². The summed E-state index contributed by atoms with van der Waals surface area (Å²) in [4.78, 5) is 25.5. The van der Waals surface area contributed by atoms with Gasteiger partial charge in [0.05, 0.1) is 5.57 Å². The summed E-state index contributed by atoms with van der Waals surface area (Å²) in [6, 6.07) is 14.5. The third-order valence-corrected chi connectivity index (χ3v) is 8.54. The molecule has 1 aliphatic rings. The van der Waals surface area contributed by atoms with Crippen molar-refractivity contribution in [2.75, 3.05) is 31.5 Å². The quantitative estimate of drug-likeness (QED) is 0.167. The molecule has 0 radical (unpaired) electrons. The van der Waals surface area contributed by atoms with E-state index in [-0.39, 0.29) is 5.91 Å². The number of aromatic nitrogens is 2. The zero-order valence-corrected chi connectivity index (χ0v) is 23.3. The minimum absolute atomic E-state index is 0.0649. The molecule has 5 rings (SSSR count). The number of benzene rings is 1. The summed E-state index contributed by atoms with van der Waals surface area (Å²) in [6.07, 6.45) is 5.68. The fourth-order valence-corrected chi connectivity index (χ4v) is 5.99. The molecule has 0 spiro atoms. The molecule has 1 amide bonds. The van der Waals surface area contributed by atoms with Crippen molar-refractivity contribution < 1.29 is 4.79 Å². The lowest BCUT2D eigenvalue weighted by atomic mass is 10.0. The molecule has 0 saturated carbocycles. The van der Waals surface area contributed by atoms with Crippen molar-refractivity contribution in [3.63, 3.8) is 0 Å². The smallest absolute Gasteiger partial charge is 0.256 e. The number of amides is 1. The van der Waals surface area contributed by atoms with Crippen molar-refractivity contribution in [3.8, 4) is 20.9 Å². The Hall–Kier alpha value is -3.52. The molecule has 0 unspecified atom stereocenters. The molecule has 3 N–H and O–H groups in total.